The first-order valence-electron chi connectivity index (χ1n) is 3.56. The van der Waals surface area contributed by atoms with E-state index in [0.29, 0.717) is 0 Å². The molecule has 0 saturated carbocycles. The number of nitro benzene ring substituents is 1. The fourth-order valence-electron chi connectivity index (χ4n) is 0.911. The van der Waals surface area contributed by atoms with Crippen LogP contribution >= 0.6 is 0 Å². The maximum absolute atomic E-state index is 10.4. The lowest BCUT2D eigenvalue weighted by atomic mass is 10.1. The SMILES string of the molecule is N#C/C(=N\O)c1cccc([N+](=O)[O-])c1. The summed E-state index contributed by atoms with van der Waals surface area (Å²) in [7, 11) is 0. The molecule has 0 saturated heterocycles. The molecule has 0 fully saturated rings. The van der Waals surface area contributed by atoms with E-state index in [1.54, 1.807) is 6.07 Å². The van der Waals surface area contributed by atoms with Crippen LogP contribution in [0.2, 0.25) is 0 Å². The van der Waals surface area contributed by atoms with Gasteiger partial charge in [-0.2, -0.15) is 5.26 Å². The van der Waals surface area contributed by atoms with E-state index in [2.05, 4.69) is 5.16 Å². The summed E-state index contributed by atoms with van der Waals surface area (Å²) in [5.74, 6) is 0. The fourth-order valence-corrected chi connectivity index (χ4v) is 0.911. The Morgan fingerprint density at radius 3 is 2.86 bits per heavy atom. The van der Waals surface area contributed by atoms with E-state index in [1.165, 1.54) is 18.2 Å². The van der Waals surface area contributed by atoms with Gasteiger partial charge in [0.05, 0.1) is 4.92 Å². The average molecular weight is 191 g/mol. The van der Waals surface area contributed by atoms with E-state index < -0.39 is 4.92 Å². The Balaban J connectivity index is 3.19. The molecule has 70 valence electrons. The third-order valence-electron chi connectivity index (χ3n) is 1.54. The summed E-state index contributed by atoms with van der Waals surface area (Å²) in [5.41, 5.74) is -0.197. The molecule has 0 aliphatic carbocycles. The molecule has 14 heavy (non-hydrogen) atoms. The summed E-state index contributed by atoms with van der Waals surface area (Å²) in [5, 5.41) is 30.0. The zero-order valence-corrected chi connectivity index (χ0v) is 6.91. The van der Waals surface area contributed by atoms with Crippen molar-refractivity contribution in [1.29, 1.82) is 5.26 Å². The van der Waals surface area contributed by atoms with Crippen molar-refractivity contribution in [3.05, 3.63) is 39.9 Å². The molecule has 1 rings (SSSR count). The van der Waals surface area contributed by atoms with Gasteiger partial charge in [-0.15, -0.1) is 0 Å². The van der Waals surface area contributed by atoms with Gasteiger partial charge in [-0.05, 0) is 0 Å². The largest absolute Gasteiger partial charge is 0.410 e. The second-order valence-corrected chi connectivity index (χ2v) is 2.37. The number of hydrogen-bond acceptors (Lipinski definition) is 5. The van der Waals surface area contributed by atoms with Crippen molar-refractivity contribution in [2.24, 2.45) is 5.16 Å². The van der Waals surface area contributed by atoms with Gasteiger partial charge in [-0.1, -0.05) is 17.3 Å². The quantitative estimate of drug-likeness (QED) is 0.329. The summed E-state index contributed by atoms with van der Waals surface area (Å²) in [6.07, 6.45) is 0. The molecule has 0 atom stereocenters. The van der Waals surface area contributed by atoms with Crippen LogP contribution in [0.25, 0.3) is 0 Å². The lowest BCUT2D eigenvalue weighted by Crippen LogP contribution is -1.98. The molecule has 0 bridgehead atoms. The number of benzene rings is 1. The van der Waals surface area contributed by atoms with E-state index in [4.69, 9.17) is 10.5 Å². The Morgan fingerprint density at radius 2 is 2.36 bits per heavy atom. The van der Waals surface area contributed by atoms with Crippen molar-refractivity contribution in [2.75, 3.05) is 0 Å². The standard InChI is InChI=1S/C8H5N3O3/c9-5-8(10-12)6-2-1-3-7(4-6)11(13)14/h1-4,12H/b10-8+. The molecule has 0 unspecified atom stereocenters. The second kappa shape index (κ2) is 4.00. The molecule has 0 aromatic heterocycles. The molecule has 6 heteroatoms. The summed E-state index contributed by atoms with van der Waals surface area (Å²) < 4.78 is 0. The number of nitriles is 1. The minimum absolute atomic E-state index is 0.154. The van der Waals surface area contributed by atoms with Crippen LogP contribution in [0.5, 0.6) is 0 Å². The van der Waals surface area contributed by atoms with Gasteiger partial charge in [0.1, 0.15) is 6.07 Å². The van der Waals surface area contributed by atoms with E-state index in [0.717, 1.165) is 6.07 Å². The van der Waals surface area contributed by atoms with Gasteiger partial charge in [0, 0.05) is 17.7 Å². The first kappa shape index (κ1) is 9.67. The van der Waals surface area contributed by atoms with Crippen LogP contribution in [0, 0.1) is 21.4 Å². The molecule has 1 aromatic carbocycles. The van der Waals surface area contributed by atoms with Crippen molar-refractivity contribution in [2.45, 2.75) is 0 Å². The second-order valence-electron chi connectivity index (χ2n) is 2.37. The Morgan fingerprint density at radius 1 is 1.64 bits per heavy atom. The molecule has 1 N–H and O–H groups in total. The van der Waals surface area contributed by atoms with Gasteiger partial charge >= 0.3 is 0 Å². The van der Waals surface area contributed by atoms with Gasteiger partial charge in [-0.3, -0.25) is 10.1 Å². The van der Waals surface area contributed by atoms with E-state index in [1.807, 2.05) is 0 Å². The van der Waals surface area contributed by atoms with Crippen LogP contribution in [-0.4, -0.2) is 15.8 Å². The molecular formula is C8H5N3O3. The smallest absolute Gasteiger partial charge is 0.270 e. The zero-order chi connectivity index (χ0) is 10.6. The lowest BCUT2D eigenvalue weighted by Gasteiger charge is -1.95. The number of nitrogens with zero attached hydrogens (tertiary/aromatic N) is 3. The highest BCUT2D eigenvalue weighted by atomic mass is 16.6. The Labute approximate surface area is 78.9 Å². The van der Waals surface area contributed by atoms with E-state index in [9.17, 15) is 10.1 Å². The minimum atomic E-state index is -0.587. The minimum Gasteiger partial charge on any atom is -0.410 e. The van der Waals surface area contributed by atoms with Gasteiger partial charge < -0.3 is 5.21 Å². The molecule has 1 aromatic rings. The van der Waals surface area contributed by atoms with Crippen LogP contribution < -0.4 is 0 Å². The van der Waals surface area contributed by atoms with Crippen LogP contribution in [0.3, 0.4) is 0 Å². The molecule has 0 aliphatic rings. The Hall–Kier alpha value is -2.42. The summed E-state index contributed by atoms with van der Waals surface area (Å²) in [6, 6.07) is 6.93. The topological polar surface area (TPSA) is 99.5 Å². The summed E-state index contributed by atoms with van der Waals surface area (Å²) in [6.45, 7) is 0. The molecule has 0 heterocycles. The van der Waals surface area contributed by atoms with Crippen LogP contribution in [0.15, 0.2) is 29.4 Å². The van der Waals surface area contributed by atoms with Crippen LogP contribution in [0.4, 0.5) is 5.69 Å². The normalized spacial score (nSPS) is 10.6. The number of oxime groups is 1. The highest BCUT2D eigenvalue weighted by Crippen LogP contribution is 2.13. The highest BCUT2D eigenvalue weighted by Gasteiger charge is 2.09. The van der Waals surface area contributed by atoms with Gasteiger partial charge in [0.2, 0.25) is 0 Å². The van der Waals surface area contributed by atoms with E-state index >= 15 is 0 Å². The average Bonchev–Trinajstić information content (AvgIpc) is 2.20. The predicted molar refractivity (Wildman–Crippen MR) is 47.0 cm³/mol. The fraction of sp³-hybridized carbons (Fsp3) is 0. The number of hydrogen-bond donors (Lipinski definition) is 1. The molecule has 0 aliphatic heterocycles. The monoisotopic (exact) mass is 191 g/mol. The van der Waals surface area contributed by atoms with E-state index in [-0.39, 0.29) is 17.0 Å². The Bertz CT molecular complexity index is 434. The maximum atomic E-state index is 10.4. The highest BCUT2D eigenvalue weighted by molar-refractivity contribution is 6.11. The predicted octanol–water partition coefficient (Wildman–Crippen LogP) is 1.30. The van der Waals surface area contributed by atoms with Crippen molar-refractivity contribution in [3.63, 3.8) is 0 Å². The lowest BCUT2D eigenvalue weighted by molar-refractivity contribution is -0.384. The number of non-ortho nitro benzene ring substituents is 1. The third-order valence-corrected chi connectivity index (χ3v) is 1.54. The van der Waals surface area contributed by atoms with Crippen LogP contribution in [-0.2, 0) is 0 Å². The molecule has 6 nitrogen and oxygen atoms in total. The van der Waals surface area contributed by atoms with Gasteiger partial charge in [0.15, 0.2) is 5.71 Å². The Kier molecular flexibility index (Phi) is 2.76. The van der Waals surface area contributed by atoms with Gasteiger partial charge in [0.25, 0.3) is 5.69 Å². The summed E-state index contributed by atoms with van der Waals surface area (Å²) >= 11 is 0. The first-order chi connectivity index (χ1) is 6.69. The third kappa shape index (κ3) is 1.84. The van der Waals surface area contributed by atoms with Crippen molar-refractivity contribution >= 4 is 11.4 Å². The number of nitro groups is 1. The van der Waals surface area contributed by atoms with Crippen molar-refractivity contribution < 1.29 is 10.1 Å². The maximum Gasteiger partial charge on any atom is 0.270 e. The summed E-state index contributed by atoms with van der Waals surface area (Å²) in [4.78, 5) is 9.79. The van der Waals surface area contributed by atoms with Crippen molar-refractivity contribution in [3.8, 4) is 6.07 Å². The molecule has 0 amide bonds. The first-order valence-corrected chi connectivity index (χ1v) is 3.56. The van der Waals surface area contributed by atoms with Crippen molar-refractivity contribution in [1.82, 2.24) is 0 Å². The number of rotatable bonds is 2. The molecular weight excluding hydrogens is 186 g/mol. The zero-order valence-electron chi connectivity index (χ0n) is 6.91. The van der Waals surface area contributed by atoms with Crippen LogP contribution in [0.1, 0.15) is 5.56 Å². The molecule has 0 radical (unpaired) electrons. The van der Waals surface area contributed by atoms with Gasteiger partial charge in [-0.25, -0.2) is 0 Å². The molecule has 0 spiro atoms.